The van der Waals surface area contributed by atoms with Crippen LogP contribution < -0.4 is 10.2 Å². The summed E-state index contributed by atoms with van der Waals surface area (Å²) in [6.07, 6.45) is 1.22. The molecule has 1 aliphatic rings. The maximum absolute atomic E-state index is 13.0. The van der Waals surface area contributed by atoms with Crippen molar-refractivity contribution in [3.05, 3.63) is 48.0 Å². The zero-order valence-corrected chi connectivity index (χ0v) is 16.2. The van der Waals surface area contributed by atoms with E-state index in [4.69, 9.17) is 0 Å². The molecule has 2 heterocycles. The molecule has 1 aliphatic heterocycles. The Morgan fingerprint density at radius 1 is 1.32 bits per heavy atom. The van der Waals surface area contributed by atoms with E-state index in [1.54, 1.807) is 12.1 Å². The zero-order valence-electron chi connectivity index (χ0n) is 16.2. The summed E-state index contributed by atoms with van der Waals surface area (Å²) in [5.74, 6) is 1.22. The normalized spacial score (nSPS) is 18.1. The van der Waals surface area contributed by atoms with Crippen molar-refractivity contribution < 1.29 is 14.3 Å². The number of amides is 1. The fourth-order valence-corrected chi connectivity index (χ4v) is 3.36. The Bertz CT molecular complexity index is 801. The van der Waals surface area contributed by atoms with Crippen LogP contribution in [0.5, 0.6) is 0 Å². The number of piperazine rings is 1. The standard InChI is InChI=1S/C20H26FN5O2/c1-3-20(28)26-9-8-25(12-14(26)2)19-10-18(23-13-24-19)22-11-17(27)15-4-6-16(21)7-5-15/h4-7,10,13-14,17,27H,3,8-9,11-12H2,1-2H3,(H,22,23,24). The van der Waals surface area contributed by atoms with Crippen molar-refractivity contribution >= 4 is 17.5 Å². The largest absolute Gasteiger partial charge is 0.387 e. The van der Waals surface area contributed by atoms with E-state index < -0.39 is 6.10 Å². The van der Waals surface area contributed by atoms with E-state index in [1.165, 1.54) is 18.5 Å². The topological polar surface area (TPSA) is 81.6 Å². The second-order valence-corrected chi connectivity index (χ2v) is 6.95. The molecule has 2 unspecified atom stereocenters. The lowest BCUT2D eigenvalue weighted by atomic mass is 10.1. The van der Waals surface area contributed by atoms with E-state index in [9.17, 15) is 14.3 Å². The quantitative estimate of drug-likeness (QED) is 0.791. The smallest absolute Gasteiger partial charge is 0.222 e. The molecule has 150 valence electrons. The predicted molar refractivity (Wildman–Crippen MR) is 106 cm³/mol. The summed E-state index contributed by atoms with van der Waals surface area (Å²) in [5.41, 5.74) is 0.633. The minimum Gasteiger partial charge on any atom is -0.387 e. The third kappa shape index (κ3) is 4.75. The minimum absolute atomic E-state index is 0.118. The number of aliphatic hydroxyl groups is 1. The van der Waals surface area contributed by atoms with E-state index in [0.29, 0.717) is 37.4 Å². The molecule has 1 aromatic carbocycles. The van der Waals surface area contributed by atoms with Crippen LogP contribution in [-0.4, -0.2) is 58.1 Å². The molecule has 28 heavy (non-hydrogen) atoms. The van der Waals surface area contributed by atoms with E-state index in [0.717, 1.165) is 5.82 Å². The third-order valence-electron chi connectivity index (χ3n) is 4.96. The van der Waals surface area contributed by atoms with Gasteiger partial charge in [0.2, 0.25) is 5.91 Å². The number of nitrogens with zero attached hydrogens (tertiary/aromatic N) is 4. The molecule has 7 nitrogen and oxygen atoms in total. The van der Waals surface area contributed by atoms with Crippen LogP contribution in [0.15, 0.2) is 36.7 Å². The Morgan fingerprint density at radius 2 is 2.07 bits per heavy atom. The highest BCUT2D eigenvalue weighted by molar-refractivity contribution is 5.76. The van der Waals surface area contributed by atoms with Gasteiger partial charge in [0, 0.05) is 44.7 Å². The lowest BCUT2D eigenvalue weighted by Gasteiger charge is -2.40. The Hall–Kier alpha value is -2.74. The first-order valence-electron chi connectivity index (χ1n) is 9.51. The molecule has 1 aromatic heterocycles. The third-order valence-corrected chi connectivity index (χ3v) is 4.96. The molecule has 0 aliphatic carbocycles. The Kier molecular flexibility index (Phi) is 6.41. The van der Waals surface area contributed by atoms with Crippen molar-refractivity contribution in [1.29, 1.82) is 0 Å². The van der Waals surface area contributed by atoms with Crippen LogP contribution >= 0.6 is 0 Å². The number of nitrogens with one attached hydrogen (secondary N) is 1. The molecule has 2 atom stereocenters. The van der Waals surface area contributed by atoms with Crippen LogP contribution in [0.3, 0.4) is 0 Å². The van der Waals surface area contributed by atoms with E-state index in [2.05, 4.69) is 20.2 Å². The van der Waals surface area contributed by atoms with Gasteiger partial charge < -0.3 is 20.2 Å². The van der Waals surface area contributed by atoms with Gasteiger partial charge in [-0.1, -0.05) is 19.1 Å². The van der Waals surface area contributed by atoms with Crippen molar-refractivity contribution in [1.82, 2.24) is 14.9 Å². The maximum Gasteiger partial charge on any atom is 0.222 e. The van der Waals surface area contributed by atoms with E-state index >= 15 is 0 Å². The molecule has 2 aromatic rings. The fourth-order valence-electron chi connectivity index (χ4n) is 3.36. The van der Waals surface area contributed by atoms with Crippen LogP contribution in [0.2, 0.25) is 0 Å². The molecular formula is C20H26FN5O2. The molecule has 0 bridgehead atoms. The number of halogens is 1. The molecule has 3 rings (SSSR count). The second-order valence-electron chi connectivity index (χ2n) is 6.95. The first-order chi connectivity index (χ1) is 13.5. The summed E-state index contributed by atoms with van der Waals surface area (Å²) in [7, 11) is 0. The SMILES string of the molecule is CCC(=O)N1CCN(c2cc(NCC(O)c3ccc(F)cc3)ncn2)CC1C. The summed E-state index contributed by atoms with van der Waals surface area (Å²) < 4.78 is 13.0. The van der Waals surface area contributed by atoms with Crippen molar-refractivity contribution in [3.63, 3.8) is 0 Å². The number of aliphatic hydroxyl groups excluding tert-OH is 1. The number of benzene rings is 1. The molecule has 2 N–H and O–H groups in total. The first kappa shape index (κ1) is 20.0. The lowest BCUT2D eigenvalue weighted by molar-refractivity contribution is -0.133. The highest BCUT2D eigenvalue weighted by atomic mass is 19.1. The summed E-state index contributed by atoms with van der Waals surface area (Å²) in [5, 5.41) is 13.4. The van der Waals surface area contributed by atoms with Gasteiger partial charge in [-0.05, 0) is 24.6 Å². The molecule has 8 heteroatoms. The van der Waals surface area contributed by atoms with Gasteiger partial charge in [-0.25, -0.2) is 14.4 Å². The maximum atomic E-state index is 13.0. The summed E-state index contributed by atoms with van der Waals surface area (Å²) in [6.45, 7) is 6.26. The summed E-state index contributed by atoms with van der Waals surface area (Å²) in [6, 6.07) is 7.72. The number of rotatable bonds is 6. The van der Waals surface area contributed by atoms with E-state index in [-0.39, 0.29) is 24.3 Å². The van der Waals surface area contributed by atoms with Crippen LogP contribution in [-0.2, 0) is 4.79 Å². The average Bonchev–Trinajstić information content (AvgIpc) is 2.72. The average molecular weight is 387 g/mol. The lowest BCUT2D eigenvalue weighted by Crippen LogP contribution is -2.54. The van der Waals surface area contributed by atoms with Gasteiger partial charge in [-0.15, -0.1) is 0 Å². The Labute approximate surface area is 164 Å². The second kappa shape index (κ2) is 8.97. The molecular weight excluding hydrogens is 361 g/mol. The van der Waals surface area contributed by atoms with Crippen LogP contribution in [0.1, 0.15) is 31.9 Å². The minimum atomic E-state index is -0.775. The molecule has 1 saturated heterocycles. The van der Waals surface area contributed by atoms with Crippen LogP contribution in [0, 0.1) is 5.82 Å². The first-order valence-corrected chi connectivity index (χ1v) is 9.51. The molecule has 1 fully saturated rings. The van der Waals surface area contributed by atoms with Gasteiger partial charge in [0.25, 0.3) is 0 Å². The molecule has 0 radical (unpaired) electrons. The van der Waals surface area contributed by atoms with Crippen LogP contribution in [0.25, 0.3) is 0 Å². The van der Waals surface area contributed by atoms with Gasteiger partial charge in [0.1, 0.15) is 23.8 Å². The van der Waals surface area contributed by atoms with Gasteiger partial charge >= 0.3 is 0 Å². The molecule has 0 spiro atoms. The number of anilines is 2. The number of hydrogen-bond donors (Lipinski definition) is 2. The number of hydrogen-bond acceptors (Lipinski definition) is 6. The Balaban J connectivity index is 1.60. The fraction of sp³-hybridized carbons (Fsp3) is 0.450. The Morgan fingerprint density at radius 3 is 2.75 bits per heavy atom. The van der Waals surface area contributed by atoms with Crippen molar-refractivity contribution in [2.24, 2.45) is 0 Å². The van der Waals surface area contributed by atoms with Gasteiger partial charge in [0.05, 0.1) is 6.10 Å². The van der Waals surface area contributed by atoms with Crippen molar-refractivity contribution in [2.75, 3.05) is 36.4 Å². The van der Waals surface area contributed by atoms with Crippen molar-refractivity contribution in [2.45, 2.75) is 32.4 Å². The number of carbonyl (C=O) groups excluding carboxylic acids is 1. The van der Waals surface area contributed by atoms with Gasteiger partial charge in [-0.2, -0.15) is 0 Å². The van der Waals surface area contributed by atoms with Crippen molar-refractivity contribution in [3.8, 4) is 0 Å². The van der Waals surface area contributed by atoms with E-state index in [1.807, 2.05) is 24.8 Å². The number of aromatic nitrogens is 2. The summed E-state index contributed by atoms with van der Waals surface area (Å²) in [4.78, 5) is 24.6. The zero-order chi connectivity index (χ0) is 20.1. The molecule has 1 amide bonds. The molecule has 0 saturated carbocycles. The summed E-state index contributed by atoms with van der Waals surface area (Å²) >= 11 is 0. The van der Waals surface area contributed by atoms with Gasteiger partial charge in [0.15, 0.2) is 0 Å². The van der Waals surface area contributed by atoms with Gasteiger partial charge in [-0.3, -0.25) is 4.79 Å². The number of carbonyl (C=O) groups is 1. The predicted octanol–water partition coefficient (Wildman–Crippen LogP) is 2.21. The monoisotopic (exact) mass is 387 g/mol. The van der Waals surface area contributed by atoms with Crippen LogP contribution in [0.4, 0.5) is 16.0 Å². The highest BCUT2D eigenvalue weighted by Gasteiger charge is 2.27. The highest BCUT2D eigenvalue weighted by Crippen LogP contribution is 2.20.